The molecule has 132 valence electrons. The summed E-state index contributed by atoms with van der Waals surface area (Å²) in [6.45, 7) is 1.91. The Hall–Kier alpha value is -2.59. The minimum Gasteiger partial charge on any atom is -0.369 e. The summed E-state index contributed by atoms with van der Waals surface area (Å²) in [7, 11) is 0. The minimum absolute atomic E-state index is 0.0166. The number of hydrogen-bond donors (Lipinski definition) is 0. The molecule has 0 unspecified atom stereocenters. The Morgan fingerprint density at radius 3 is 2.15 bits per heavy atom. The van der Waals surface area contributed by atoms with Crippen LogP contribution in [0, 0.1) is 11.8 Å². The molecule has 1 fully saturated rings. The lowest BCUT2D eigenvalue weighted by atomic mass is 9.65. The lowest BCUT2D eigenvalue weighted by molar-refractivity contribution is -0.131. The van der Waals surface area contributed by atoms with Gasteiger partial charge in [0.05, 0.1) is 18.1 Å². The van der Waals surface area contributed by atoms with Gasteiger partial charge in [0.25, 0.3) is 0 Å². The number of fused-ring (bicyclic) bond motifs is 2. The molecule has 2 aromatic carbocycles. The summed E-state index contributed by atoms with van der Waals surface area (Å²) in [4.78, 5) is 38.2. The van der Waals surface area contributed by atoms with E-state index in [1.807, 2.05) is 37.3 Å². The molecule has 4 atom stereocenters. The van der Waals surface area contributed by atoms with Gasteiger partial charge < -0.3 is 4.74 Å². The summed E-state index contributed by atoms with van der Waals surface area (Å²) in [6, 6.07) is 16.6. The lowest BCUT2D eigenvalue weighted by Crippen LogP contribution is -2.49. The second kappa shape index (κ2) is 6.61. The van der Waals surface area contributed by atoms with Gasteiger partial charge in [0.2, 0.25) is 0 Å². The number of carbonyl (C=O) groups excluding carboxylic acids is 3. The average Bonchev–Trinajstić information content (AvgIpc) is 2.66. The minimum atomic E-state index is -0.605. The van der Waals surface area contributed by atoms with Crippen molar-refractivity contribution in [3.8, 4) is 0 Å². The van der Waals surface area contributed by atoms with Crippen molar-refractivity contribution >= 4 is 17.3 Å². The molecule has 0 aliphatic heterocycles. The molecule has 0 N–H and O–H groups in total. The highest BCUT2D eigenvalue weighted by molar-refractivity contribution is 6.17. The van der Waals surface area contributed by atoms with Crippen LogP contribution in [-0.4, -0.2) is 23.5 Å². The number of carbonyl (C=O) groups is 3. The number of ketones is 3. The van der Waals surface area contributed by atoms with Gasteiger partial charge in [-0.2, -0.15) is 0 Å². The van der Waals surface area contributed by atoms with E-state index in [0.717, 1.165) is 5.56 Å². The summed E-state index contributed by atoms with van der Waals surface area (Å²) >= 11 is 0. The molecule has 4 heteroatoms. The molecule has 4 rings (SSSR count). The SMILES string of the molecule is C[C@H](O[C@H]1CC(=O)C[C@H]2C(=O)c3ccccc3C(=O)[C@H]12)c1ccccc1. The zero-order chi connectivity index (χ0) is 18.3. The third-order valence-electron chi connectivity index (χ3n) is 5.46. The van der Waals surface area contributed by atoms with Crippen molar-refractivity contribution in [2.45, 2.75) is 32.0 Å². The molecule has 0 spiro atoms. The fourth-order valence-electron chi connectivity index (χ4n) is 4.16. The van der Waals surface area contributed by atoms with E-state index < -0.39 is 17.9 Å². The van der Waals surface area contributed by atoms with Crippen LogP contribution in [0.25, 0.3) is 0 Å². The molecular weight excluding hydrogens is 328 g/mol. The Balaban J connectivity index is 1.67. The third kappa shape index (κ3) is 2.80. The van der Waals surface area contributed by atoms with E-state index in [1.54, 1.807) is 24.3 Å². The summed E-state index contributed by atoms with van der Waals surface area (Å²) in [5.41, 5.74) is 1.87. The number of hydrogen-bond acceptors (Lipinski definition) is 4. The molecule has 0 heterocycles. The molecular formula is C22H20O4. The monoisotopic (exact) mass is 348 g/mol. The molecule has 2 aliphatic carbocycles. The van der Waals surface area contributed by atoms with Gasteiger partial charge in [-0.05, 0) is 12.5 Å². The van der Waals surface area contributed by atoms with E-state index in [4.69, 9.17) is 4.74 Å². The highest BCUT2D eigenvalue weighted by Crippen LogP contribution is 2.41. The maximum Gasteiger partial charge on any atom is 0.170 e. The molecule has 0 saturated heterocycles. The van der Waals surface area contributed by atoms with Crippen LogP contribution in [-0.2, 0) is 9.53 Å². The first-order chi connectivity index (χ1) is 12.6. The summed E-state index contributed by atoms with van der Waals surface area (Å²) in [6.07, 6.45) is -0.517. The maximum atomic E-state index is 13.1. The Kier molecular flexibility index (Phi) is 4.29. The highest BCUT2D eigenvalue weighted by Gasteiger charge is 2.50. The summed E-state index contributed by atoms with van der Waals surface area (Å²) < 4.78 is 6.16. The first-order valence-electron chi connectivity index (χ1n) is 8.96. The molecule has 26 heavy (non-hydrogen) atoms. The van der Waals surface area contributed by atoms with Crippen LogP contribution in [0.2, 0.25) is 0 Å². The predicted molar refractivity (Wildman–Crippen MR) is 96.1 cm³/mol. The van der Waals surface area contributed by atoms with E-state index in [1.165, 1.54) is 0 Å². The van der Waals surface area contributed by atoms with Crippen molar-refractivity contribution in [3.05, 3.63) is 71.3 Å². The van der Waals surface area contributed by atoms with E-state index in [9.17, 15) is 14.4 Å². The molecule has 2 aromatic rings. The van der Waals surface area contributed by atoms with E-state index in [-0.39, 0.29) is 36.3 Å². The van der Waals surface area contributed by atoms with Crippen molar-refractivity contribution in [1.82, 2.24) is 0 Å². The van der Waals surface area contributed by atoms with Gasteiger partial charge in [0.1, 0.15) is 5.78 Å². The molecule has 0 amide bonds. The van der Waals surface area contributed by atoms with Crippen molar-refractivity contribution in [2.24, 2.45) is 11.8 Å². The van der Waals surface area contributed by atoms with Crippen LogP contribution in [0.15, 0.2) is 54.6 Å². The lowest BCUT2D eigenvalue weighted by Gasteiger charge is -2.39. The van der Waals surface area contributed by atoms with Crippen LogP contribution in [0.1, 0.15) is 52.1 Å². The Morgan fingerprint density at radius 1 is 0.846 bits per heavy atom. The van der Waals surface area contributed by atoms with E-state index in [2.05, 4.69) is 0 Å². The number of benzene rings is 2. The fraction of sp³-hybridized carbons (Fsp3) is 0.318. The average molecular weight is 348 g/mol. The van der Waals surface area contributed by atoms with Crippen LogP contribution in [0.3, 0.4) is 0 Å². The Bertz CT molecular complexity index is 871. The van der Waals surface area contributed by atoms with Gasteiger partial charge in [-0.3, -0.25) is 14.4 Å². The van der Waals surface area contributed by atoms with Crippen molar-refractivity contribution in [1.29, 1.82) is 0 Å². The second-order valence-electron chi connectivity index (χ2n) is 7.08. The maximum absolute atomic E-state index is 13.1. The molecule has 0 bridgehead atoms. The van der Waals surface area contributed by atoms with Gasteiger partial charge in [-0.1, -0.05) is 54.6 Å². The summed E-state index contributed by atoms with van der Waals surface area (Å²) in [5.74, 6) is -1.40. The van der Waals surface area contributed by atoms with Crippen LogP contribution < -0.4 is 0 Å². The topological polar surface area (TPSA) is 60.4 Å². The van der Waals surface area contributed by atoms with Gasteiger partial charge >= 0.3 is 0 Å². The number of rotatable bonds is 3. The van der Waals surface area contributed by atoms with Crippen LogP contribution >= 0.6 is 0 Å². The quantitative estimate of drug-likeness (QED) is 0.846. The Morgan fingerprint density at radius 2 is 1.46 bits per heavy atom. The van der Waals surface area contributed by atoms with Crippen molar-refractivity contribution in [2.75, 3.05) is 0 Å². The van der Waals surface area contributed by atoms with E-state index in [0.29, 0.717) is 11.1 Å². The summed E-state index contributed by atoms with van der Waals surface area (Å²) in [5, 5.41) is 0. The van der Waals surface area contributed by atoms with Crippen LogP contribution in [0.4, 0.5) is 0 Å². The normalized spacial score (nSPS) is 26.2. The van der Waals surface area contributed by atoms with Gasteiger partial charge in [0, 0.05) is 29.9 Å². The first kappa shape index (κ1) is 16.9. The van der Waals surface area contributed by atoms with Gasteiger partial charge in [-0.25, -0.2) is 0 Å². The fourth-order valence-corrected chi connectivity index (χ4v) is 4.16. The van der Waals surface area contributed by atoms with E-state index >= 15 is 0 Å². The molecule has 2 aliphatic rings. The predicted octanol–water partition coefficient (Wildman–Crippen LogP) is 3.81. The second-order valence-corrected chi connectivity index (χ2v) is 7.08. The van der Waals surface area contributed by atoms with Crippen LogP contribution in [0.5, 0.6) is 0 Å². The third-order valence-corrected chi connectivity index (χ3v) is 5.46. The van der Waals surface area contributed by atoms with Crippen molar-refractivity contribution < 1.29 is 19.1 Å². The molecule has 0 radical (unpaired) electrons. The molecule has 4 nitrogen and oxygen atoms in total. The molecule has 1 saturated carbocycles. The van der Waals surface area contributed by atoms with Gasteiger partial charge in [0.15, 0.2) is 11.6 Å². The molecule has 0 aromatic heterocycles. The van der Waals surface area contributed by atoms with Gasteiger partial charge in [-0.15, -0.1) is 0 Å². The number of Topliss-reactive ketones (excluding diaryl/α,β-unsaturated/α-hetero) is 3. The Labute approximate surface area is 152 Å². The zero-order valence-electron chi connectivity index (χ0n) is 14.6. The first-order valence-corrected chi connectivity index (χ1v) is 8.96. The smallest absolute Gasteiger partial charge is 0.170 e. The standard InChI is InChI=1S/C22H20O4/c1-13(14-7-3-2-4-8-14)26-19-12-15(23)11-18-20(19)22(25)17-10-6-5-9-16(17)21(18)24/h2-10,13,18-20H,11-12H2,1H3/t13-,18+,19-,20-/m0/s1. The highest BCUT2D eigenvalue weighted by atomic mass is 16.5. The largest absolute Gasteiger partial charge is 0.369 e. The number of ether oxygens (including phenoxy) is 1. The van der Waals surface area contributed by atoms with Crippen molar-refractivity contribution in [3.63, 3.8) is 0 Å². The zero-order valence-corrected chi connectivity index (χ0v) is 14.6.